The summed E-state index contributed by atoms with van der Waals surface area (Å²) in [6.07, 6.45) is 2.17. The molecule has 1 heterocycles. The Morgan fingerprint density at radius 1 is 1.29 bits per heavy atom. The molecular formula is C15H27N3O3. The van der Waals surface area contributed by atoms with Gasteiger partial charge in [0.15, 0.2) is 0 Å². The van der Waals surface area contributed by atoms with Gasteiger partial charge in [0.25, 0.3) is 0 Å². The smallest absolute Gasteiger partial charge is 0.317 e. The van der Waals surface area contributed by atoms with Crippen LogP contribution in [0.5, 0.6) is 0 Å². The lowest BCUT2D eigenvalue weighted by Gasteiger charge is -2.46. The Kier molecular flexibility index (Phi) is 4.46. The van der Waals surface area contributed by atoms with Crippen LogP contribution in [0.25, 0.3) is 0 Å². The molecule has 0 spiro atoms. The maximum Gasteiger partial charge on any atom is 0.317 e. The van der Waals surface area contributed by atoms with E-state index in [1.807, 2.05) is 20.8 Å². The minimum Gasteiger partial charge on any atom is -0.481 e. The highest BCUT2D eigenvalue weighted by Gasteiger charge is 2.46. The summed E-state index contributed by atoms with van der Waals surface area (Å²) in [6.45, 7) is 7.32. The maximum absolute atomic E-state index is 12.3. The van der Waals surface area contributed by atoms with Gasteiger partial charge in [-0.15, -0.1) is 0 Å². The molecule has 120 valence electrons. The lowest BCUT2D eigenvalue weighted by molar-refractivity contribution is -0.150. The third-order valence-electron chi connectivity index (χ3n) is 5.56. The Hall–Kier alpha value is -1.30. The lowest BCUT2D eigenvalue weighted by Crippen LogP contribution is -2.54. The van der Waals surface area contributed by atoms with Gasteiger partial charge in [-0.2, -0.15) is 0 Å². The molecule has 1 saturated carbocycles. The third kappa shape index (κ3) is 3.15. The second-order valence-corrected chi connectivity index (χ2v) is 7.13. The van der Waals surface area contributed by atoms with Crippen LogP contribution >= 0.6 is 0 Å². The molecule has 2 rings (SSSR count). The first-order valence-electron chi connectivity index (χ1n) is 7.77. The standard InChI is InChI=1S/C15H27N3O3/c1-9-12(5-4-11(13(19)20)15(9,2)3)17-14(21)18-7-6-10(16)8-18/h9-12H,4-8,16H2,1-3H3,(H,17,21)(H,19,20). The summed E-state index contributed by atoms with van der Waals surface area (Å²) in [5.41, 5.74) is 5.50. The Morgan fingerprint density at radius 3 is 2.48 bits per heavy atom. The number of carbonyl (C=O) groups excluding carboxylic acids is 1. The maximum atomic E-state index is 12.3. The van der Waals surface area contributed by atoms with Crippen molar-refractivity contribution >= 4 is 12.0 Å². The molecule has 1 saturated heterocycles. The summed E-state index contributed by atoms with van der Waals surface area (Å²) in [4.78, 5) is 25.4. The molecule has 0 radical (unpaired) electrons. The van der Waals surface area contributed by atoms with Gasteiger partial charge in [-0.1, -0.05) is 20.8 Å². The van der Waals surface area contributed by atoms with Crippen LogP contribution in [0.1, 0.15) is 40.0 Å². The molecular weight excluding hydrogens is 270 g/mol. The van der Waals surface area contributed by atoms with E-state index >= 15 is 0 Å². The molecule has 0 aromatic carbocycles. The molecule has 2 amide bonds. The number of hydrogen-bond donors (Lipinski definition) is 3. The number of amides is 2. The van der Waals surface area contributed by atoms with Crippen molar-refractivity contribution in [3.8, 4) is 0 Å². The molecule has 0 bridgehead atoms. The van der Waals surface area contributed by atoms with E-state index in [1.54, 1.807) is 4.90 Å². The van der Waals surface area contributed by atoms with Gasteiger partial charge in [0.2, 0.25) is 0 Å². The fraction of sp³-hybridized carbons (Fsp3) is 0.867. The van der Waals surface area contributed by atoms with Crippen LogP contribution in [-0.4, -0.2) is 47.2 Å². The SMILES string of the molecule is CC1C(NC(=O)N2CCC(N)C2)CCC(C(=O)O)C1(C)C. The predicted molar refractivity (Wildman–Crippen MR) is 79.8 cm³/mol. The lowest BCUT2D eigenvalue weighted by atomic mass is 9.61. The van der Waals surface area contributed by atoms with Crippen molar-refractivity contribution in [2.24, 2.45) is 23.0 Å². The first-order valence-corrected chi connectivity index (χ1v) is 7.77. The van der Waals surface area contributed by atoms with Crippen LogP contribution in [0.3, 0.4) is 0 Å². The van der Waals surface area contributed by atoms with Gasteiger partial charge in [0.05, 0.1) is 5.92 Å². The summed E-state index contributed by atoms with van der Waals surface area (Å²) in [5, 5.41) is 12.4. The number of carbonyl (C=O) groups is 2. The van der Waals surface area contributed by atoms with E-state index in [4.69, 9.17) is 5.73 Å². The quantitative estimate of drug-likeness (QED) is 0.715. The Morgan fingerprint density at radius 2 is 1.95 bits per heavy atom. The van der Waals surface area contributed by atoms with Crippen molar-refractivity contribution in [1.82, 2.24) is 10.2 Å². The van der Waals surface area contributed by atoms with Crippen molar-refractivity contribution in [2.45, 2.75) is 52.1 Å². The van der Waals surface area contributed by atoms with E-state index in [-0.39, 0.29) is 35.4 Å². The number of nitrogens with two attached hydrogens (primary N) is 1. The molecule has 2 aliphatic rings. The predicted octanol–water partition coefficient (Wildman–Crippen LogP) is 1.25. The average Bonchev–Trinajstić information content (AvgIpc) is 2.81. The van der Waals surface area contributed by atoms with E-state index in [2.05, 4.69) is 5.32 Å². The molecule has 21 heavy (non-hydrogen) atoms. The first-order chi connectivity index (χ1) is 9.73. The zero-order chi connectivity index (χ0) is 15.8. The number of carboxylic acid groups (broad SMARTS) is 1. The van der Waals surface area contributed by atoms with Crippen LogP contribution in [0.4, 0.5) is 4.79 Å². The van der Waals surface area contributed by atoms with Crippen molar-refractivity contribution in [3.63, 3.8) is 0 Å². The highest BCUT2D eigenvalue weighted by molar-refractivity contribution is 5.75. The van der Waals surface area contributed by atoms with Gasteiger partial charge in [0.1, 0.15) is 0 Å². The summed E-state index contributed by atoms with van der Waals surface area (Å²) in [5.74, 6) is -0.962. The number of likely N-dealkylation sites (tertiary alicyclic amines) is 1. The molecule has 6 nitrogen and oxygen atoms in total. The van der Waals surface area contributed by atoms with E-state index in [0.717, 1.165) is 6.42 Å². The van der Waals surface area contributed by atoms with Crippen LogP contribution in [-0.2, 0) is 4.79 Å². The van der Waals surface area contributed by atoms with Gasteiger partial charge < -0.3 is 21.1 Å². The van der Waals surface area contributed by atoms with Crippen LogP contribution in [0.15, 0.2) is 0 Å². The molecule has 4 atom stereocenters. The molecule has 0 aromatic rings. The van der Waals surface area contributed by atoms with Crippen molar-refractivity contribution in [3.05, 3.63) is 0 Å². The zero-order valence-electron chi connectivity index (χ0n) is 13.1. The third-order valence-corrected chi connectivity index (χ3v) is 5.56. The summed E-state index contributed by atoms with van der Waals surface area (Å²) in [6, 6.07) is 0.0386. The Labute approximate surface area is 126 Å². The molecule has 1 aliphatic heterocycles. The molecule has 4 N–H and O–H groups in total. The number of carboxylic acids is 1. The van der Waals surface area contributed by atoms with Crippen LogP contribution in [0.2, 0.25) is 0 Å². The summed E-state index contributed by atoms with van der Waals surface area (Å²) in [7, 11) is 0. The zero-order valence-corrected chi connectivity index (χ0v) is 13.1. The number of hydrogen-bond acceptors (Lipinski definition) is 3. The topological polar surface area (TPSA) is 95.7 Å². The molecule has 1 aliphatic carbocycles. The fourth-order valence-electron chi connectivity index (χ4n) is 3.66. The number of rotatable bonds is 2. The van der Waals surface area contributed by atoms with Crippen molar-refractivity contribution in [2.75, 3.05) is 13.1 Å². The first kappa shape index (κ1) is 16.1. The highest BCUT2D eigenvalue weighted by Crippen LogP contribution is 2.45. The second kappa shape index (κ2) is 5.83. The minimum absolute atomic E-state index is 0.0277. The van der Waals surface area contributed by atoms with E-state index in [0.29, 0.717) is 25.9 Å². The van der Waals surface area contributed by atoms with E-state index < -0.39 is 5.97 Å². The van der Waals surface area contributed by atoms with Gasteiger partial charge in [0, 0.05) is 25.2 Å². The van der Waals surface area contributed by atoms with Gasteiger partial charge in [-0.3, -0.25) is 4.79 Å². The number of nitrogens with one attached hydrogen (secondary N) is 1. The molecule has 0 aromatic heterocycles. The van der Waals surface area contributed by atoms with E-state index in [1.165, 1.54) is 0 Å². The van der Waals surface area contributed by atoms with Gasteiger partial charge >= 0.3 is 12.0 Å². The summed E-state index contributed by atoms with van der Waals surface area (Å²) < 4.78 is 0. The largest absolute Gasteiger partial charge is 0.481 e. The van der Waals surface area contributed by atoms with Crippen molar-refractivity contribution < 1.29 is 14.7 Å². The highest BCUT2D eigenvalue weighted by atomic mass is 16.4. The molecule has 2 fully saturated rings. The Bertz CT molecular complexity index is 424. The molecule has 6 heteroatoms. The fourth-order valence-corrected chi connectivity index (χ4v) is 3.66. The second-order valence-electron chi connectivity index (χ2n) is 7.13. The molecule has 4 unspecified atom stereocenters. The van der Waals surface area contributed by atoms with Crippen LogP contribution in [0, 0.1) is 17.3 Å². The minimum atomic E-state index is -0.734. The van der Waals surface area contributed by atoms with Gasteiger partial charge in [-0.25, -0.2) is 4.79 Å². The Balaban J connectivity index is 1.99. The average molecular weight is 297 g/mol. The van der Waals surface area contributed by atoms with Crippen LogP contribution < -0.4 is 11.1 Å². The van der Waals surface area contributed by atoms with Crippen molar-refractivity contribution in [1.29, 1.82) is 0 Å². The summed E-state index contributed by atoms with van der Waals surface area (Å²) >= 11 is 0. The number of urea groups is 1. The number of aliphatic carboxylic acids is 1. The normalized spacial score (nSPS) is 35.5. The van der Waals surface area contributed by atoms with Gasteiger partial charge in [-0.05, 0) is 30.6 Å². The number of nitrogens with zero attached hydrogens (tertiary/aromatic N) is 1. The van der Waals surface area contributed by atoms with E-state index in [9.17, 15) is 14.7 Å². The monoisotopic (exact) mass is 297 g/mol.